The van der Waals surface area contributed by atoms with E-state index in [4.69, 9.17) is 5.11 Å². The zero-order valence-electron chi connectivity index (χ0n) is 8.62. The predicted molar refractivity (Wildman–Crippen MR) is 63.8 cm³/mol. The first-order chi connectivity index (χ1) is 6.16. The third-order valence-electron chi connectivity index (χ3n) is 1.41. The minimum atomic E-state index is -0.711. The van der Waals surface area contributed by atoms with Crippen LogP contribution in [0.15, 0.2) is 23.9 Å². The molecule has 0 unspecified atom stereocenters. The standard InChI is InChI=1S/C6H9N.C4H8O2.BrH/c1-6-3-2-4-7-5-6;1-2-3-4(5)6;/h2-3,5,7H,4H2,1H3;2-3H2,1H3,(H,5,6);1H. The molecule has 0 fully saturated rings. The van der Waals surface area contributed by atoms with Gasteiger partial charge >= 0.3 is 5.97 Å². The van der Waals surface area contributed by atoms with E-state index in [1.807, 2.05) is 13.1 Å². The predicted octanol–water partition coefficient (Wildman–Crippen LogP) is 2.50. The zero-order valence-corrected chi connectivity index (χ0v) is 10.3. The highest BCUT2D eigenvalue weighted by molar-refractivity contribution is 8.93. The number of carboxylic acids is 1. The number of nitrogens with one attached hydrogen (secondary N) is 1. The Morgan fingerprint density at radius 2 is 2.29 bits per heavy atom. The van der Waals surface area contributed by atoms with E-state index in [0.29, 0.717) is 6.42 Å². The van der Waals surface area contributed by atoms with Crippen molar-refractivity contribution in [3.05, 3.63) is 23.9 Å². The highest BCUT2D eigenvalue weighted by Gasteiger charge is 1.87. The van der Waals surface area contributed by atoms with E-state index in [-0.39, 0.29) is 17.0 Å². The van der Waals surface area contributed by atoms with Crippen LogP contribution in [-0.2, 0) is 4.79 Å². The molecule has 0 atom stereocenters. The molecule has 0 saturated carbocycles. The molecule has 14 heavy (non-hydrogen) atoms. The smallest absolute Gasteiger partial charge is 0.303 e. The summed E-state index contributed by atoms with van der Waals surface area (Å²) in [6.07, 6.45) is 7.25. The van der Waals surface area contributed by atoms with Crippen molar-refractivity contribution in [2.75, 3.05) is 6.54 Å². The Balaban J connectivity index is 0. The summed E-state index contributed by atoms with van der Waals surface area (Å²) in [5.41, 5.74) is 1.30. The molecule has 0 radical (unpaired) electrons. The van der Waals surface area contributed by atoms with Gasteiger partial charge in [-0.2, -0.15) is 0 Å². The quantitative estimate of drug-likeness (QED) is 0.805. The van der Waals surface area contributed by atoms with Crippen LogP contribution in [0.25, 0.3) is 0 Å². The molecule has 0 bridgehead atoms. The van der Waals surface area contributed by atoms with E-state index in [1.54, 1.807) is 0 Å². The largest absolute Gasteiger partial charge is 0.481 e. The minimum Gasteiger partial charge on any atom is -0.481 e. The lowest BCUT2D eigenvalue weighted by molar-refractivity contribution is -0.137. The van der Waals surface area contributed by atoms with Gasteiger partial charge in [-0.3, -0.25) is 4.79 Å². The second kappa shape index (κ2) is 10.3. The van der Waals surface area contributed by atoms with Crippen molar-refractivity contribution in [2.45, 2.75) is 26.7 Å². The monoisotopic (exact) mass is 263 g/mol. The van der Waals surface area contributed by atoms with Crippen LogP contribution in [0.2, 0.25) is 0 Å². The third-order valence-corrected chi connectivity index (χ3v) is 1.41. The number of carbonyl (C=O) groups is 1. The minimum absolute atomic E-state index is 0. The number of hydrogen-bond acceptors (Lipinski definition) is 2. The van der Waals surface area contributed by atoms with Gasteiger partial charge in [0, 0.05) is 13.0 Å². The van der Waals surface area contributed by atoms with E-state index in [0.717, 1.165) is 13.0 Å². The first-order valence-electron chi connectivity index (χ1n) is 4.45. The topological polar surface area (TPSA) is 49.3 Å². The molecule has 2 N–H and O–H groups in total. The third kappa shape index (κ3) is 11.2. The molecule has 0 amide bonds. The van der Waals surface area contributed by atoms with E-state index in [9.17, 15) is 4.79 Å². The number of aliphatic carboxylic acids is 1. The van der Waals surface area contributed by atoms with Crippen LogP contribution >= 0.6 is 17.0 Å². The fourth-order valence-electron chi connectivity index (χ4n) is 0.795. The summed E-state index contributed by atoms with van der Waals surface area (Å²) >= 11 is 0. The van der Waals surface area contributed by atoms with E-state index < -0.39 is 5.97 Å². The maximum Gasteiger partial charge on any atom is 0.303 e. The van der Waals surface area contributed by atoms with E-state index >= 15 is 0 Å². The number of allylic oxidation sites excluding steroid dienone is 2. The average Bonchev–Trinajstić information content (AvgIpc) is 2.06. The van der Waals surface area contributed by atoms with Gasteiger partial charge in [-0.25, -0.2) is 0 Å². The first kappa shape index (κ1) is 15.7. The Kier molecular flexibility index (Phi) is 11.6. The molecule has 0 spiro atoms. The van der Waals surface area contributed by atoms with Crippen LogP contribution in [0.4, 0.5) is 0 Å². The van der Waals surface area contributed by atoms with Crippen molar-refractivity contribution < 1.29 is 9.90 Å². The van der Waals surface area contributed by atoms with Gasteiger partial charge in [0.05, 0.1) is 0 Å². The normalized spacial score (nSPS) is 12.6. The van der Waals surface area contributed by atoms with Crippen molar-refractivity contribution in [1.82, 2.24) is 5.32 Å². The van der Waals surface area contributed by atoms with Gasteiger partial charge in [-0.15, -0.1) is 17.0 Å². The zero-order chi connectivity index (χ0) is 10.1. The fraction of sp³-hybridized carbons (Fsp3) is 0.500. The number of halogens is 1. The van der Waals surface area contributed by atoms with Gasteiger partial charge < -0.3 is 10.4 Å². The maximum atomic E-state index is 9.60. The van der Waals surface area contributed by atoms with E-state index in [2.05, 4.69) is 24.4 Å². The maximum absolute atomic E-state index is 9.60. The van der Waals surface area contributed by atoms with Crippen molar-refractivity contribution in [3.63, 3.8) is 0 Å². The van der Waals surface area contributed by atoms with Gasteiger partial charge in [0.1, 0.15) is 0 Å². The Labute approximate surface area is 95.7 Å². The van der Waals surface area contributed by atoms with Crippen molar-refractivity contribution in [3.8, 4) is 0 Å². The molecule has 0 saturated heterocycles. The molecular weight excluding hydrogens is 246 g/mol. The summed E-state index contributed by atoms with van der Waals surface area (Å²) in [4.78, 5) is 9.60. The number of dihydropyridines is 1. The molecule has 0 aromatic rings. The summed E-state index contributed by atoms with van der Waals surface area (Å²) in [6, 6.07) is 0. The fourth-order valence-corrected chi connectivity index (χ4v) is 0.795. The number of carboxylic acid groups (broad SMARTS) is 1. The summed E-state index contributed by atoms with van der Waals surface area (Å²) in [5, 5.41) is 11.0. The van der Waals surface area contributed by atoms with Gasteiger partial charge in [0.25, 0.3) is 0 Å². The summed E-state index contributed by atoms with van der Waals surface area (Å²) in [7, 11) is 0. The van der Waals surface area contributed by atoms with Gasteiger partial charge in [0.15, 0.2) is 0 Å². The SMILES string of the molecule is Br.CC1=CNCC=C1.CCCC(=O)O. The Hall–Kier alpha value is -0.770. The summed E-state index contributed by atoms with van der Waals surface area (Å²) in [6.45, 7) is 4.90. The van der Waals surface area contributed by atoms with Gasteiger partial charge in [0.2, 0.25) is 0 Å². The average molecular weight is 264 g/mol. The molecule has 82 valence electrons. The second-order valence-electron chi connectivity index (χ2n) is 2.84. The lowest BCUT2D eigenvalue weighted by Gasteiger charge is -2.00. The Bertz CT molecular complexity index is 212. The second-order valence-corrected chi connectivity index (χ2v) is 2.84. The van der Waals surface area contributed by atoms with E-state index in [1.165, 1.54) is 5.57 Å². The molecule has 0 aromatic carbocycles. The molecule has 1 rings (SSSR count). The van der Waals surface area contributed by atoms with Crippen molar-refractivity contribution in [1.29, 1.82) is 0 Å². The van der Waals surface area contributed by atoms with Crippen molar-refractivity contribution >= 4 is 23.0 Å². The molecule has 3 nitrogen and oxygen atoms in total. The lowest BCUT2D eigenvalue weighted by atomic mass is 10.2. The molecule has 0 aliphatic carbocycles. The van der Waals surface area contributed by atoms with Gasteiger partial charge in [-0.05, 0) is 25.1 Å². The number of rotatable bonds is 2. The molecule has 1 aliphatic rings. The summed E-state index contributed by atoms with van der Waals surface area (Å²) in [5.74, 6) is -0.711. The van der Waals surface area contributed by atoms with Crippen LogP contribution in [0, 0.1) is 0 Å². The lowest BCUT2D eigenvalue weighted by Crippen LogP contribution is -2.07. The molecular formula is C10H18BrNO2. The van der Waals surface area contributed by atoms with Crippen LogP contribution in [-0.4, -0.2) is 17.6 Å². The highest BCUT2D eigenvalue weighted by Crippen LogP contribution is 1.94. The van der Waals surface area contributed by atoms with Crippen LogP contribution in [0.5, 0.6) is 0 Å². The molecule has 4 heteroatoms. The van der Waals surface area contributed by atoms with Crippen molar-refractivity contribution in [2.24, 2.45) is 0 Å². The first-order valence-corrected chi connectivity index (χ1v) is 4.45. The highest BCUT2D eigenvalue weighted by atomic mass is 79.9. The Morgan fingerprint density at radius 1 is 1.64 bits per heavy atom. The molecule has 1 aliphatic heterocycles. The van der Waals surface area contributed by atoms with Crippen LogP contribution in [0.3, 0.4) is 0 Å². The molecule has 0 aromatic heterocycles. The van der Waals surface area contributed by atoms with Crippen LogP contribution in [0.1, 0.15) is 26.7 Å². The van der Waals surface area contributed by atoms with Crippen LogP contribution < -0.4 is 5.32 Å². The summed E-state index contributed by atoms with van der Waals surface area (Å²) < 4.78 is 0. The number of hydrogen-bond donors (Lipinski definition) is 2. The Morgan fingerprint density at radius 3 is 2.43 bits per heavy atom. The molecule has 1 heterocycles. The van der Waals surface area contributed by atoms with Gasteiger partial charge in [-0.1, -0.05) is 19.1 Å².